The Hall–Kier alpha value is -1.95. The van der Waals surface area contributed by atoms with Crippen LogP contribution in [-0.2, 0) is 19.7 Å². The van der Waals surface area contributed by atoms with Crippen molar-refractivity contribution in [2.75, 3.05) is 12.4 Å². The first-order chi connectivity index (χ1) is 12.9. The summed E-state index contributed by atoms with van der Waals surface area (Å²) in [5.41, 5.74) is 0.196. The van der Waals surface area contributed by atoms with Gasteiger partial charge in [-0.1, -0.05) is 41.4 Å². The monoisotopic (exact) mass is 407 g/mol. The maximum Gasteiger partial charge on any atom is 0.238 e. The normalized spacial score (nSPS) is 27.0. The number of hydrogen-bond acceptors (Lipinski definition) is 3. The second kappa shape index (κ2) is 6.59. The summed E-state index contributed by atoms with van der Waals surface area (Å²) in [4.78, 5) is 25.7. The Morgan fingerprint density at radius 1 is 1.19 bits per heavy atom. The molecule has 2 aromatic rings. The molecule has 1 aliphatic heterocycles. The van der Waals surface area contributed by atoms with Gasteiger partial charge in [0.1, 0.15) is 17.0 Å². The van der Waals surface area contributed by atoms with Gasteiger partial charge in [0.05, 0.1) is 11.1 Å². The van der Waals surface area contributed by atoms with Gasteiger partial charge in [-0.3, -0.25) is 9.59 Å². The van der Waals surface area contributed by atoms with Crippen molar-refractivity contribution >= 4 is 40.6 Å². The Morgan fingerprint density at radius 2 is 1.96 bits per heavy atom. The number of halogens is 3. The Balaban J connectivity index is 2.01. The van der Waals surface area contributed by atoms with Crippen LogP contribution < -0.4 is 5.32 Å². The average Bonchev–Trinajstić information content (AvgIpc) is 2.91. The van der Waals surface area contributed by atoms with E-state index in [4.69, 9.17) is 27.9 Å². The van der Waals surface area contributed by atoms with Crippen LogP contribution in [0.4, 0.5) is 10.1 Å². The number of benzene rings is 2. The fraction of sp³-hybridized carbons (Fsp3) is 0.300. The molecule has 4 nitrogen and oxygen atoms in total. The molecular weight excluding hydrogens is 392 g/mol. The van der Waals surface area contributed by atoms with Crippen LogP contribution in [0.5, 0.6) is 0 Å². The Bertz CT molecular complexity index is 964. The van der Waals surface area contributed by atoms with Gasteiger partial charge in [0.15, 0.2) is 0 Å². The number of nitrogens with one attached hydrogen (secondary N) is 1. The van der Waals surface area contributed by atoms with Crippen LogP contribution in [0.2, 0.25) is 10.0 Å². The minimum Gasteiger partial charge on any atom is -0.379 e. The highest BCUT2D eigenvalue weighted by Crippen LogP contribution is 2.55. The molecule has 3 atom stereocenters. The van der Waals surface area contributed by atoms with Crippen molar-refractivity contribution in [3.8, 4) is 0 Å². The van der Waals surface area contributed by atoms with Gasteiger partial charge in [0, 0.05) is 36.6 Å². The molecule has 1 unspecified atom stereocenters. The first kappa shape index (κ1) is 18.4. The number of methoxy groups -OCH3 is 1. The van der Waals surface area contributed by atoms with E-state index in [1.165, 1.54) is 13.2 Å². The summed E-state index contributed by atoms with van der Waals surface area (Å²) < 4.78 is 20.5. The maximum atomic E-state index is 14.9. The Labute approximate surface area is 165 Å². The summed E-state index contributed by atoms with van der Waals surface area (Å²) in [6.07, 6.45) is -0.637. The lowest BCUT2D eigenvalue weighted by molar-refractivity contribution is -0.137. The van der Waals surface area contributed by atoms with Crippen LogP contribution in [0, 0.1) is 5.82 Å². The molecule has 140 valence electrons. The minimum absolute atomic E-state index is 0.0204. The highest BCUT2D eigenvalue weighted by atomic mass is 35.5. The van der Waals surface area contributed by atoms with Gasteiger partial charge in [-0.15, -0.1) is 0 Å². The number of anilines is 1. The van der Waals surface area contributed by atoms with Crippen LogP contribution in [-0.4, -0.2) is 24.9 Å². The molecule has 0 saturated heterocycles. The number of carbonyl (C=O) groups excluding carboxylic acids is 2. The number of Topliss-reactive ketones (excluding diaryl/α,β-unsaturated/α-hetero) is 1. The largest absolute Gasteiger partial charge is 0.379 e. The van der Waals surface area contributed by atoms with Crippen molar-refractivity contribution < 1.29 is 18.7 Å². The van der Waals surface area contributed by atoms with E-state index in [0.29, 0.717) is 16.3 Å². The van der Waals surface area contributed by atoms with Crippen LogP contribution in [0.25, 0.3) is 0 Å². The van der Waals surface area contributed by atoms with Crippen molar-refractivity contribution in [1.82, 2.24) is 0 Å². The number of hydrogen-bond donors (Lipinski definition) is 1. The van der Waals surface area contributed by atoms with Gasteiger partial charge in [0.2, 0.25) is 5.91 Å². The number of fused-ring (bicyclic) bond motifs is 2. The molecule has 1 heterocycles. The molecule has 1 fully saturated rings. The van der Waals surface area contributed by atoms with E-state index < -0.39 is 23.3 Å². The van der Waals surface area contributed by atoms with E-state index in [-0.39, 0.29) is 35.1 Å². The lowest BCUT2D eigenvalue weighted by Gasteiger charge is -2.44. The molecule has 1 saturated carbocycles. The molecule has 0 radical (unpaired) electrons. The van der Waals surface area contributed by atoms with Gasteiger partial charge >= 0.3 is 0 Å². The quantitative estimate of drug-likeness (QED) is 0.797. The predicted octanol–water partition coefficient (Wildman–Crippen LogP) is 4.48. The summed E-state index contributed by atoms with van der Waals surface area (Å²) in [6, 6.07) is 9.70. The van der Waals surface area contributed by atoms with E-state index in [2.05, 4.69) is 5.32 Å². The summed E-state index contributed by atoms with van der Waals surface area (Å²) in [6.45, 7) is 0. The smallest absolute Gasteiger partial charge is 0.238 e. The van der Waals surface area contributed by atoms with Crippen LogP contribution in [0.1, 0.15) is 29.9 Å². The van der Waals surface area contributed by atoms with Crippen molar-refractivity contribution in [2.45, 2.75) is 30.3 Å². The van der Waals surface area contributed by atoms with Crippen LogP contribution in [0.15, 0.2) is 36.4 Å². The number of ketones is 1. The summed E-state index contributed by atoms with van der Waals surface area (Å²) in [5.74, 6) is -1.79. The lowest BCUT2D eigenvalue weighted by Crippen LogP contribution is -2.55. The third kappa shape index (κ3) is 2.60. The molecule has 7 heteroatoms. The van der Waals surface area contributed by atoms with Crippen LogP contribution >= 0.6 is 23.2 Å². The number of carbonyl (C=O) groups is 2. The zero-order valence-electron chi connectivity index (χ0n) is 14.4. The zero-order chi connectivity index (χ0) is 19.3. The second-order valence-corrected chi connectivity index (χ2v) is 7.72. The van der Waals surface area contributed by atoms with Gasteiger partial charge in [-0.05, 0) is 29.3 Å². The highest BCUT2D eigenvalue weighted by molar-refractivity contribution is 6.31. The zero-order valence-corrected chi connectivity index (χ0v) is 15.9. The van der Waals surface area contributed by atoms with Crippen molar-refractivity contribution in [3.63, 3.8) is 0 Å². The standard InChI is InChI=1S/C20H16Cl2FNO3/c1-27-17-9-11(25)8-14(12-3-2-4-15(22)18(12)23)20(17)13-6-5-10(21)7-16(13)24-19(20)26/h2-7,14,17H,8-9H2,1H3,(H,24,26)/t14?,17-,20-/m0/s1. The van der Waals surface area contributed by atoms with E-state index in [1.807, 2.05) is 0 Å². The lowest BCUT2D eigenvalue weighted by atomic mass is 9.59. The number of amides is 1. The molecule has 1 N–H and O–H groups in total. The van der Waals surface area contributed by atoms with E-state index >= 15 is 0 Å². The first-order valence-corrected chi connectivity index (χ1v) is 9.25. The summed E-state index contributed by atoms with van der Waals surface area (Å²) in [7, 11) is 1.46. The molecular formula is C20H16Cl2FNO3. The summed E-state index contributed by atoms with van der Waals surface area (Å²) in [5, 5.41) is 3.26. The predicted molar refractivity (Wildman–Crippen MR) is 101 cm³/mol. The van der Waals surface area contributed by atoms with Gasteiger partial charge < -0.3 is 10.1 Å². The topological polar surface area (TPSA) is 55.4 Å². The van der Waals surface area contributed by atoms with Crippen molar-refractivity contribution in [2.24, 2.45) is 0 Å². The van der Waals surface area contributed by atoms with E-state index in [0.717, 1.165) is 0 Å². The summed E-state index contributed by atoms with van der Waals surface area (Å²) >= 11 is 12.1. The maximum absolute atomic E-state index is 14.9. The minimum atomic E-state index is -1.24. The highest BCUT2D eigenvalue weighted by Gasteiger charge is 2.61. The molecule has 2 aromatic carbocycles. The molecule has 0 aromatic heterocycles. The number of ether oxygens (including phenoxy) is 1. The Morgan fingerprint density at radius 3 is 2.70 bits per heavy atom. The van der Waals surface area contributed by atoms with Crippen molar-refractivity contribution in [3.05, 3.63) is 63.4 Å². The fourth-order valence-electron chi connectivity index (χ4n) is 4.47. The molecule has 0 bridgehead atoms. The van der Waals surface area contributed by atoms with E-state index in [9.17, 15) is 14.0 Å². The SMILES string of the molecule is CO[C@H]1CC(=O)CC(c2cccc(Cl)c2F)[C@]12C(=O)Nc1cc(Cl)ccc12. The molecule has 27 heavy (non-hydrogen) atoms. The van der Waals surface area contributed by atoms with E-state index in [1.54, 1.807) is 30.3 Å². The molecule has 1 amide bonds. The van der Waals surface area contributed by atoms with Gasteiger partial charge in [-0.2, -0.15) is 0 Å². The molecule has 1 spiro atoms. The van der Waals surface area contributed by atoms with Gasteiger partial charge in [0.25, 0.3) is 0 Å². The fourth-order valence-corrected chi connectivity index (χ4v) is 4.83. The molecule has 4 rings (SSSR count). The molecule has 1 aliphatic carbocycles. The third-order valence-corrected chi connectivity index (χ3v) is 6.12. The third-order valence-electron chi connectivity index (χ3n) is 5.59. The Kier molecular flexibility index (Phi) is 4.49. The second-order valence-electron chi connectivity index (χ2n) is 6.88. The van der Waals surface area contributed by atoms with Gasteiger partial charge in [-0.25, -0.2) is 4.39 Å². The number of rotatable bonds is 2. The molecule has 2 aliphatic rings. The van der Waals surface area contributed by atoms with Crippen molar-refractivity contribution in [1.29, 1.82) is 0 Å². The average molecular weight is 408 g/mol. The first-order valence-electron chi connectivity index (χ1n) is 8.49. The van der Waals surface area contributed by atoms with Crippen LogP contribution in [0.3, 0.4) is 0 Å².